The number of rotatable bonds is 7. The van der Waals surface area contributed by atoms with Crippen molar-refractivity contribution in [2.24, 2.45) is 0 Å². The molecule has 1 fully saturated rings. The molecule has 1 aromatic heterocycles. The summed E-state index contributed by atoms with van der Waals surface area (Å²) in [5.74, 6) is -0.802. The summed E-state index contributed by atoms with van der Waals surface area (Å²) in [6.45, 7) is 1.17. The zero-order valence-corrected chi connectivity index (χ0v) is 18.1. The van der Waals surface area contributed by atoms with E-state index in [0.29, 0.717) is 33.9 Å². The molecule has 3 N–H and O–H groups in total. The number of anilines is 2. The summed E-state index contributed by atoms with van der Waals surface area (Å²) in [7, 11) is 0. The number of hydrogen-bond acceptors (Lipinski definition) is 5. The molecule has 7 nitrogen and oxygen atoms in total. The highest BCUT2D eigenvalue weighted by molar-refractivity contribution is 7.12. The summed E-state index contributed by atoms with van der Waals surface area (Å²) in [6.07, 6.45) is 1.98. The summed E-state index contributed by atoms with van der Waals surface area (Å²) in [4.78, 5) is 38.1. The molecule has 1 saturated heterocycles. The molecule has 4 rings (SSSR count). The average Bonchev–Trinajstić information content (AvgIpc) is 3.53. The fraction of sp³-hybridized carbons (Fsp3) is 0.208. The molecule has 0 bridgehead atoms. The van der Waals surface area contributed by atoms with Crippen molar-refractivity contribution in [3.05, 3.63) is 82.0 Å². The lowest BCUT2D eigenvalue weighted by atomic mass is 10.1. The maximum atomic E-state index is 12.7. The van der Waals surface area contributed by atoms with Crippen molar-refractivity contribution in [1.29, 1.82) is 0 Å². The topological polar surface area (TPSA) is 96.5 Å². The van der Waals surface area contributed by atoms with Crippen LogP contribution in [-0.2, 0) is 4.74 Å². The molecule has 1 aliphatic rings. The maximum absolute atomic E-state index is 12.7. The average molecular weight is 450 g/mol. The lowest BCUT2D eigenvalue weighted by molar-refractivity contribution is 0.0858. The SMILES string of the molecule is O=C(Nc1ccccc1C(=O)NC[C@@H]1CCCO1)c1ccc(NC(=O)c2cccs2)cc1. The molecule has 32 heavy (non-hydrogen) atoms. The Morgan fingerprint density at radius 2 is 1.72 bits per heavy atom. The van der Waals surface area contributed by atoms with E-state index >= 15 is 0 Å². The molecule has 2 aromatic carbocycles. The van der Waals surface area contributed by atoms with Gasteiger partial charge in [0.1, 0.15) is 0 Å². The molecule has 0 radical (unpaired) electrons. The van der Waals surface area contributed by atoms with Gasteiger partial charge in [-0.1, -0.05) is 18.2 Å². The maximum Gasteiger partial charge on any atom is 0.265 e. The number of benzene rings is 2. The highest BCUT2D eigenvalue weighted by atomic mass is 32.1. The Labute approximate surface area is 189 Å². The van der Waals surface area contributed by atoms with Crippen molar-refractivity contribution >= 4 is 40.4 Å². The molecule has 0 saturated carbocycles. The van der Waals surface area contributed by atoms with Crippen molar-refractivity contribution in [3.8, 4) is 0 Å². The summed E-state index contributed by atoms with van der Waals surface area (Å²) >= 11 is 1.36. The zero-order valence-electron chi connectivity index (χ0n) is 17.3. The first-order valence-corrected chi connectivity index (χ1v) is 11.2. The fourth-order valence-corrected chi connectivity index (χ4v) is 4.02. The molecule has 0 unspecified atom stereocenters. The molecule has 3 amide bonds. The Morgan fingerprint density at radius 1 is 0.906 bits per heavy atom. The van der Waals surface area contributed by atoms with Crippen LogP contribution < -0.4 is 16.0 Å². The first kappa shape index (κ1) is 21.7. The molecule has 0 spiro atoms. The van der Waals surface area contributed by atoms with Crippen molar-refractivity contribution in [2.75, 3.05) is 23.8 Å². The molecular formula is C24H23N3O4S. The van der Waals surface area contributed by atoms with Gasteiger partial charge in [0.15, 0.2) is 0 Å². The number of nitrogens with one attached hydrogen (secondary N) is 3. The smallest absolute Gasteiger partial charge is 0.265 e. The number of thiophene rings is 1. The first-order valence-electron chi connectivity index (χ1n) is 10.4. The number of ether oxygens (including phenoxy) is 1. The number of para-hydroxylation sites is 1. The van der Waals surface area contributed by atoms with E-state index in [0.717, 1.165) is 19.4 Å². The minimum absolute atomic E-state index is 0.0412. The van der Waals surface area contributed by atoms with Crippen molar-refractivity contribution in [2.45, 2.75) is 18.9 Å². The van der Waals surface area contributed by atoms with E-state index < -0.39 is 0 Å². The minimum atomic E-state index is -0.347. The van der Waals surface area contributed by atoms with Gasteiger partial charge in [-0.3, -0.25) is 14.4 Å². The van der Waals surface area contributed by atoms with Gasteiger partial charge in [-0.2, -0.15) is 0 Å². The molecule has 1 aliphatic heterocycles. The van der Waals surface area contributed by atoms with Crippen LogP contribution in [0.3, 0.4) is 0 Å². The zero-order chi connectivity index (χ0) is 22.3. The van der Waals surface area contributed by atoms with Crippen LogP contribution in [-0.4, -0.2) is 37.0 Å². The van der Waals surface area contributed by atoms with Crippen LogP contribution in [0.2, 0.25) is 0 Å². The highest BCUT2D eigenvalue weighted by Gasteiger charge is 2.19. The molecule has 3 aromatic rings. The van der Waals surface area contributed by atoms with Gasteiger partial charge in [0.2, 0.25) is 0 Å². The van der Waals surface area contributed by atoms with E-state index in [2.05, 4.69) is 16.0 Å². The van der Waals surface area contributed by atoms with Gasteiger partial charge in [0.25, 0.3) is 17.7 Å². The summed E-state index contributed by atoms with van der Waals surface area (Å²) < 4.78 is 5.54. The van der Waals surface area contributed by atoms with Crippen molar-refractivity contribution in [1.82, 2.24) is 5.32 Å². The number of amides is 3. The van der Waals surface area contributed by atoms with Gasteiger partial charge in [-0.25, -0.2) is 0 Å². The van der Waals surface area contributed by atoms with Crippen molar-refractivity contribution in [3.63, 3.8) is 0 Å². The number of carbonyl (C=O) groups is 3. The van der Waals surface area contributed by atoms with Crippen LogP contribution in [0.1, 0.15) is 43.2 Å². The highest BCUT2D eigenvalue weighted by Crippen LogP contribution is 2.19. The minimum Gasteiger partial charge on any atom is -0.376 e. The Morgan fingerprint density at radius 3 is 2.44 bits per heavy atom. The predicted molar refractivity (Wildman–Crippen MR) is 124 cm³/mol. The summed E-state index contributed by atoms with van der Waals surface area (Å²) in [5.41, 5.74) is 1.82. The van der Waals surface area contributed by atoms with Crippen molar-refractivity contribution < 1.29 is 19.1 Å². The lowest BCUT2D eigenvalue weighted by Crippen LogP contribution is -2.32. The number of hydrogen-bond donors (Lipinski definition) is 3. The van der Waals surface area contributed by atoms with Crippen LogP contribution in [0.5, 0.6) is 0 Å². The van der Waals surface area contributed by atoms with Crippen LogP contribution in [0, 0.1) is 0 Å². The largest absolute Gasteiger partial charge is 0.376 e. The van der Waals surface area contributed by atoms with E-state index in [4.69, 9.17) is 4.74 Å². The van der Waals surface area contributed by atoms with Gasteiger partial charge in [0, 0.05) is 24.4 Å². The van der Waals surface area contributed by atoms with E-state index in [1.165, 1.54) is 11.3 Å². The Bertz CT molecular complexity index is 1090. The molecular weight excluding hydrogens is 426 g/mol. The fourth-order valence-electron chi connectivity index (χ4n) is 3.40. The third-order valence-corrected chi connectivity index (χ3v) is 5.95. The second-order valence-corrected chi connectivity index (χ2v) is 8.30. The third-order valence-electron chi connectivity index (χ3n) is 5.08. The van der Waals surface area contributed by atoms with Gasteiger partial charge in [-0.15, -0.1) is 11.3 Å². The van der Waals surface area contributed by atoms with Gasteiger partial charge in [0.05, 0.1) is 22.2 Å². The molecule has 164 valence electrons. The van der Waals surface area contributed by atoms with E-state index in [1.807, 2.05) is 11.4 Å². The molecule has 2 heterocycles. The molecule has 8 heteroatoms. The number of carbonyl (C=O) groups excluding carboxylic acids is 3. The summed E-state index contributed by atoms with van der Waals surface area (Å²) in [6, 6.07) is 17.0. The van der Waals surface area contributed by atoms with Crippen LogP contribution in [0.15, 0.2) is 66.0 Å². The quantitative estimate of drug-likeness (QED) is 0.505. The predicted octanol–water partition coefficient (Wildman–Crippen LogP) is 4.16. The van der Waals surface area contributed by atoms with Crippen LogP contribution >= 0.6 is 11.3 Å². The monoisotopic (exact) mass is 449 g/mol. The summed E-state index contributed by atoms with van der Waals surface area (Å²) in [5, 5.41) is 10.3. The van der Waals surface area contributed by atoms with Crippen LogP contribution in [0.25, 0.3) is 0 Å². The lowest BCUT2D eigenvalue weighted by Gasteiger charge is -2.14. The third kappa shape index (κ3) is 5.40. The Hall–Kier alpha value is -3.49. The van der Waals surface area contributed by atoms with Gasteiger partial charge in [-0.05, 0) is 60.7 Å². The van der Waals surface area contributed by atoms with Gasteiger partial charge >= 0.3 is 0 Å². The van der Waals surface area contributed by atoms with E-state index in [1.54, 1.807) is 54.6 Å². The van der Waals surface area contributed by atoms with Gasteiger partial charge < -0.3 is 20.7 Å². The standard InChI is InChI=1S/C24H23N3O4S/c28-22(16-9-11-17(12-10-16)26-24(30)21-8-4-14-32-21)27-20-7-2-1-6-19(20)23(29)25-15-18-5-3-13-31-18/h1-2,4,6-12,14,18H,3,5,13,15H2,(H,25,29)(H,26,30)(H,27,28)/t18-/m0/s1. The second-order valence-electron chi connectivity index (χ2n) is 7.35. The second kappa shape index (κ2) is 10.2. The normalized spacial score (nSPS) is 15.2. The Kier molecular flexibility index (Phi) is 6.94. The molecule has 1 atom stereocenters. The van der Waals surface area contributed by atoms with E-state index in [-0.39, 0.29) is 23.8 Å². The molecule has 0 aliphatic carbocycles. The first-order chi connectivity index (χ1) is 15.6. The van der Waals surface area contributed by atoms with Crippen LogP contribution in [0.4, 0.5) is 11.4 Å². The van der Waals surface area contributed by atoms with E-state index in [9.17, 15) is 14.4 Å². The Balaban J connectivity index is 1.38.